The highest BCUT2D eigenvalue weighted by molar-refractivity contribution is 5.78. The molecule has 0 saturated heterocycles. The van der Waals surface area contributed by atoms with Crippen LogP contribution in [-0.4, -0.2) is 19.0 Å². The quantitative estimate of drug-likeness (QED) is 0.729. The highest BCUT2D eigenvalue weighted by atomic mass is 16.1. The Morgan fingerprint density at radius 2 is 2.00 bits per heavy atom. The Morgan fingerprint density at radius 3 is 2.62 bits per heavy atom. The third-order valence-corrected chi connectivity index (χ3v) is 2.21. The number of carbonyl (C=O) groups excluding carboxylic acids is 1. The van der Waals surface area contributed by atoms with Gasteiger partial charge in [0.1, 0.15) is 0 Å². The Morgan fingerprint density at radius 1 is 1.31 bits per heavy atom. The maximum absolute atomic E-state index is 11.5. The van der Waals surface area contributed by atoms with Crippen LogP contribution in [0, 0.1) is 6.92 Å². The molecule has 0 aromatic heterocycles. The lowest BCUT2D eigenvalue weighted by molar-refractivity contribution is -0.120. The summed E-state index contributed by atoms with van der Waals surface area (Å²) in [4.78, 5) is 11.5. The molecule has 16 heavy (non-hydrogen) atoms. The first-order valence-corrected chi connectivity index (χ1v) is 5.39. The molecular formula is C13H18N2O. The van der Waals surface area contributed by atoms with Crippen LogP contribution >= 0.6 is 0 Å². The van der Waals surface area contributed by atoms with Crippen molar-refractivity contribution in [1.82, 2.24) is 5.32 Å². The van der Waals surface area contributed by atoms with Gasteiger partial charge in [0.25, 0.3) is 0 Å². The number of hydrogen-bond acceptors (Lipinski definition) is 2. The molecule has 1 aromatic carbocycles. The molecule has 0 aliphatic rings. The summed E-state index contributed by atoms with van der Waals surface area (Å²) in [5.41, 5.74) is 7.52. The Bertz CT molecular complexity index is 355. The van der Waals surface area contributed by atoms with Gasteiger partial charge in [-0.05, 0) is 12.5 Å². The van der Waals surface area contributed by atoms with Crippen LogP contribution in [0.15, 0.2) is 36.4 Å². The molecule has 0 fully saturated rings. The van der Waals surface area contributed by atoms with Crippen LogP contribution in [0.2, 0.25) is 0 Å². The number of nitrogens with two attached hydrogens (primary N) is 1. The Hall–Kier alpha value is -1.61. The molecule has 3 heteroatoms. The van der Waals surface area contributed by atoms with E-state index in [4.69, 9.17) is 5.73 Å². The van der Waals surface area contributed by atoms with E-state index in [9.17, 15) is 4.79 Å². The normalized spacial score (nSPS) is 10.6. The maximum atomic E-state index is 11.5. The fourth-order valence-electron chi connectivity index (χ4n) is 1.31. The van der Waals surface area contributed by atoms with E-state index in [1.54, 1.807) is 0 Å². The van der Waals surface area contributed by atoms with Crippen molar-refractivity contribution in [3.63, 3.8) is 0 Å². The third-order valence-electron chi connectivity index (χ3n) is 2.21. The van der Waals surface area contributed by atoms with Gasteiger partial charge in [0.2, 0.25) is 5.91 Å². The molecule has 0 aliphatic carbocycles. The van der Waals surface area contributed by atoms with Gasteiger partial charge in [0, 0.05) is 13.1 Å². The summed E-state index contributed by atoms with van der Waals surface area (Å²) in [6.07, 6.45) is 4.11. The minimum Gasteiger partial charge on any atom is -0.352 e. The molecular weight excluding hydrogens is 200 g/mol. The van der Waals surface area contributed by atoms with Crippen LogP contribution in [0.4, 0.5) is 0 Å². The van der Waals surface area contributed by atoms with Crippen LogP contribution in [0.1, 0.15) is 11.1 Å². The minimum atomic E-state index is 0.0329. The zero-order chi connectivity index (χ0) is 11.8. The predicted octanol–water partition coefficient (Wildman–Crippen LogP) is 1.17. The van der Waals surface area contributed by atoms with Gasteiger partial charge in [-0.2, -0.15) is 0 Å². The molecule has 0 heterocycles. The first-order valence-electron chi connectivity index (χ1n) is 5.39. The summed E-state index contributed by atoms with van der Waals surface area (Å²) in [5.74, 6) is 0.0329. The molecule has 3 N–H and O–H groups in total. The lowest BCUT2D eigenvalue weighted by atomic mass is 10.1. The van der Waals surface area contributed by atoms with Crippen molar-refractivity contribution in [2.45, 2.75) is 13.3 Å². The number of aryl methyl sites for hydroxylation is 1. The smallest absolute Gasteiger partial charge is 0.224 e. The minimum absolute atomic E-state index is 0.0329. The Kier molecular flexibility index (Phi) is 5.29. The van der Waals surface area contributed by atoms with Crippen molar-refractivity contribution in [1.29, 1.82) is 0 Å². The molecule has 0 spiro atoms. The van der Waals surface area contributed by atoms with Gasteiger partial charge >= 0.3 is 0 Å². The molecule has 1 amide bonds. The van der Waals surface area contributed by atoms with Crippen molar-refractivity contribution in [2.75, 3.05) is 13.1 Å². The van der Waals surface area contributed by atoms with Gasteiger partial charge in [-0.15, -0.1) is 0 Å². The maximum Gasteiger partial charge on any atom is 0.224 e. The Balaban J connectivity index is 2.34. The van der Waals surface area contributed by atoms with Crippen molar-refractivity contribution in [2.24, 2.45) is 5.73 Å². The molecule has 0 saturated carbocycles. The first kappa shape index (κ1) is 12.5. The second-order valence-electron chi connectivity index (χ2n) is 3.67. The topological polar surface area (TPSA) is 55.1 Å². The number of benzene rings is 1. The summed E-state index contributed by atoms with van der Waals surface area (Å²) >= 11 is 0. The Labute approximate surface area is 96.3 Å². The van der Waals surface area contributed by atoms with E-state index in [2.05, 4.69) is 5.32 Å². The fraction of sp³-hybridized carbons (Fsp3) is 0.308. The van der Waals surface area contributed by atoms with E-state index in [0.29, 0.717) is 19.5 Å². The molecule has 0 bridgehead atoms. The average molecular weight is 218 g/mol. The number of amides is 1. The lowest BCUT2D eigenvalue weighted by Crippen LogP contribution is -2.25. The van der Waals surface area contributed by atoms with E-state index >= 15 is 0 Å². The van der Waals surface area contributed by atoms with Crippen molar-refractivity contribution in [3.8, 4) is 0 Å². The van der Waals surface area contributed by atoms with Crippen LogP contribution in [-0.2, 0) is 11.2 Å². The SMILES string of the molecule is Cc1ccc(CC(=O)NC/C=C/CN)cc1. The zero-order valence-corrected chi connectivity index (χ0v) is 9.57. The fourth-order valence-corrected chi connectivity index (χ4v) is 1.31. The van der Waals surface area contributed by atoms with Crippen LogP contribution in [0.3, 0.4) is 0 Å². The molecule has 3 nitrogen and oxygen atoms in total. The third kappa shape index (κ3) is 4.75. The highest BCUT2D eigenvalue weighted by Crippen LogP contribution is 2.03. The van der Waals surface area contributed by atoms with Crippen molar-refractivity contribution in [3.05, 3.63) is 47.5 Å². The van der Waals surface area contributed by atoms with Gasteiger partial charge in [-0.3, -0.25) is 4.79 Å². The number of carbonyl (C=O) groups is 1. The van der Waals surface area contributed by atoms with Gasteiger partial charge in [-0.25, -0.2) is 0 Å². The van der Waals surface area contributed by atoms with Gasteiger partial charge in [0.15, 0.2) is 0 Å². The van der Waals surface area contributed by atoms with Gasteiger partial charge in [0.05, 0.1) is 6.42 Å². The van der Waals surface area contributed by atoms with Crippen molar-refractivity contribution >= 4 is 5.91 Å². The zero-order valence-electron chi connectivity index (χ0n) is 9.57. The summed E-state index contributed by atoms with van der Waals surface area (Å²) < 4.78 is 0. The molecule has 86 valence electrons. The molecule has 1 aromatic rings. The number of hydrogen-bond donors (Lipinski definition) is 2. The van der Waals surface area contributed by atoms with E-state index < -0.39 is 0 Å². The predicted molar refractivity (Wildman–Crippen MR) is 66.1 cm³/mol. The summed E-state index contributed by atoms with van der Waals surface area (Å²) in [6.45, 7) is 3.08. The standard InChI is InChI=1S/C13H18N2O/c1-11-4-6-12(7-5-11)10-13(16)15-9-3-2-8-14/h2-7H,8-10,14H2,1H3,(H,15,16)/b3-2+. The summed E-state index contributed by atoms with van der Waals surface area (Å²) in [7, 11) is 0. The number of nitrogens with one attached hydrogen (secondary N) is 1. The van der Waals surface area contributed by atoms with Gasteiger partial charge in [-0.1, -0.05) is 42.0 Å². The molecule has 0 aliphatic heterocycles. The second kappa shape index (κ2) is 6.80. The van der Waals surface area contributed by atoms with E-state index in [0.717, 1.165) is 5.56 Å². The summed E-state index contributed by atoms with van der Waals surface area (Å²) in [5, 5.41) is 2.80. The van der Waals surface area contributed by atoms with Crippen LogP contribution in [0.5, 0.6) is 0 Å². The van der Waals surface area contributed by atoms with Gasteiger partial charge < -0.3 is 11.1 Å². The highest BCUT2D eigenvalue weighted by Gasteiger charge is 2.00. The molecule has 1 rings (SSSR count). The largest absolute Gasteiger partial charge is 0.352 e. The lowest BCUT2D eigenvalue weighted by Gasteiger charge is -2.03. The van der Waals surface area contributed by atoms with E-state index in [-0.39, 0.29) is 5.91 Å². The molecule has 0 atom stereocenters. The second-order valence-corrected chi connectivity index (χ2v) is 3.67. The van der Waals surface area contributed by atoms with Crippen LogP contribution in [0.25, 0.3) is 0 Å². The van der Waals surface area contributed by atoms with Crippen LogP contribution < -0.4 is 11.1 Å². The number of rotatable bonds is 5. The van der Waals surface area contributed by atoms with E-state index in [1.807, 2.05) is 43.3 Å². The average Bonchev–Trinajstić information content (AvgIpc) is 2.28. The monoisotopic (exact) mass is 218 g/mol. The van der Waals surface area contributed by atoms with Crippen molar-refractivity contribution < 1.29 is 4.79 Å². The first-order chi connectivity index (χ1) is 7.72. The molecule has 0 radical (unpaired) electrons. The van der Waals surface area contributed by atoms with E-state index in [1.165, 1.54) is 5.56 Å². The molecule has 0 unspecified atom stereocenters. The summed E-state index contributed by atoms with van der Waals surface area (Å²) in [6, 6.07) is 7.98.